The fourth-order valence-corrected chi connectivity index (χ4v) is 6.11. The summed E-state index contributed by atoms with van der Waals surface area (Å²) in [7, 11) is -3.22. The van der Waals surface area contributed by atoms with Crippen LogP contribution in [0.2, 0.25) is 10.0 Å². The van der Waals surface area contributed by atoms with E-state index in [1.54, 1.807) is 29.6 Å². The van der Waals surface area contributed by atoms with Crippen molar-refractivity contribution in [2.75, 3.05) is 25.4 Å². The van der Waals surface area contributed by atoms with Crippen LogP contribution in [0, 0.1) is 11.8 Å². The molecule has 0 radical (unpaired) electrons. The molecule has 1 aromatic carbocycles. The lowest BCUT2D eigenvalue weighted by molar-refractivity contribution is 0.0947. The van der Waals surface area contributed by atoms with Gasteiger partial charge in [0.25, 0.3) is 5.91 Å². The number of fused-ring (bicyclic) bond motifs is 1. The number of benzene rings is 1. The van der Waals surface area contributed by atoms with E-state index in [0.29, 0.717) is 30.2 Å². The van der Waals surface area contributed by atoms with Crippen molar-refractivity contribution >= 4 is 39.1 Å². The number of pyridine rings is 1. The molecule has 9 heteroatoms. The molecule has 154 valence electrons. The highest BCUT2D eigenvalue weighted by Gasteiger charge is 2.70. The molecule has 2 heterocycles. The fourth-order valence-electron chi connectivity index (χ4n) is 4.47. The Kier molecular flexibility index (Phi) is 5.36. The third kappa shape index (κ3) is 3.54. The molecule has 2 fully saturated rings. The van der Waals surface area contributed by atoms with Crippen LogP contribution in [0.5, 0.6) is 0 Å². The zero-order chi connectivity index (χ0) is 20.8. The molecule has 29 heavy (non-hydrogen) atoms. The molecule has 2 aromatic rings. The molecule has 1 amide bonds. The first-order valence-corrected chi connectivity index (χ1v) is 11.8. The SMILES string of the molecule is CCS(=O)(=O)N1CC2C(C1)C2(CNC(=O)c1ccc(Cl)cc1Cl)c1ccccn1. The largest absolute Gasteiger partial charge is 0.351 e. The highest BCUT2D eigenvalue weighted by molar-refractivity contribution is 7.89. The van der Waals surface area contributed by atoms with Crippen molar-refractivity contribution < 1.29 is 13.2 Å². The van der Waals surface area contributed by atoms with E-state index >= 15 is 0 Å². The molecule has 1 aliphatic carbocycles. The lowest BCUT2D eigenvalue weighted by atomic mass is 9.94. The molecule has 4 rings (SSSR count). The maximum Gasteiger partial charge on any atom is 0.252 e. The molecule has 1 aliphatic heterocycles. The zero-order valence-electron chi connectivity index (χ0n) is 15.8. The van der Waals surface area contributed by atoms with Gasteiger partial charge in [0.2, 0.25) is 10.0 Å². The number of halogens is 2. The summed E-state index contributed by atoms with van der Waals surface area (Å²) >= 11 is 12.1. The molecule has 6 nitrogen and oxygen atoms in total. The monoisotopic (exact) mass is 453 g/mol. The number of nitrogens with zero attached hydrogens (tertiary/aromatic N) is 2. The van der Waals surface area contributed by atoms with Gasteiger partial charge in [0.15, 0.2) is 0 Å². The van der Waals surface area contributed by atoms with E-state index in [9.17, 15) is 13.2 Å². The second-order valence-electron chi connectivity index (χ2n) is 7.49. The summed E-state index contributed by atoms with van der Waals surface area (Å²) in [5, 5.41) is 3.74. The van der Waals surface area contributed by atoms with Crippen LogP contribution >= 0.6 is 23.2 Å². The van der Waals surface area contributed by atoms with Gasteiger partial charge >= 0.3 is 0 Å². The molecule has 1 aromatic heterocycles. The molecule has 2 atom stereocenters. The van der Waals surface area contributed by atoms with E-state index in [0.717, 1.165) is 5.69 Å². The second-order valence-corrected chi connectivity index (χ2v) is 10.6. The molecule has 0 spiro atoms. The van der Waals surface area contributed by atoms with Gasteiger partial charge < -0.3 is 5.32 Å². The maximum absolute atomic E-state index is 12.7. The minimum atomic E-state index is -3.22. The Balaban J connectivity index is 1.55. The van der Waals surface area contributed by atoms with Crippen LogP contribution in [-0.4, -0.2) is 49.0 Å². The Morgan fingerprint density at radius 1 is 1.24 bits per heavy atom. The summed E-state index contributed by atoms with van der Waals surface area (Å²) in [4.78, 5) is 17.2. The van der Waals surface area contributed by atoms with Crippen molar-refractivity contribution in [1.82, 2.24) is 14.6 Å². The number of hydrogen-bond acceptors (Lipinski definition) is 4. The number of hydrogen-bond donors (Lipinski definition) is 1. The van der Waals surface area contributed by atoms with Crippen LogP contribution in [0.15, 0.2) is 42.6 Å². The third-order valence-corrected chi connectivity index (χ3v) is 8.48. The second kappa shape index (κ2) is 7.54. The topological polar surface area (TPSA) is 79.4 Å². The van der Waals surface area contributed by atoms with Gasteiger partial charge in [-0.25, -0.2) is 12.7 Å². The number of nitrogens with one attached hydrogen (secondary N) is 1. The fraction of sp³-hybridized carbons (Fsp3) is 0.400. The number of sulfonamides is 1. The molecule has 2 aliphatic rings. The van der Waals surface area contributed by atoms with Crippen molar-refractivity contribution in [3.63, 3.8) is 0 Å². The van der Waals surface area contributed by atoms with Crippen LogP contribution in [0.3, 0.4) is 0 Å². The molecule has 1 N–H and O–H groups in total. The average molecular weight is 454 g/mol. The Bertz CT molecular complexity index is 1030. The quantitative estimate of drug-likeness (QED) is 0.728. The van der Waals surface area contributed by atoms with Gasteiger partial charge in [-0.15, -0.1) is 0 Å². The van der Waals surface area contributed by atoms with E-state index < -0.39 is 10.0 Å². The van der Waals surface area contributed by atoms with E-state index in [1.807, 2.05) is 18.2 Å². The maximum atomic E-state index is 12.7. The number of rotatable bonds is 6. The van der Waals surface area contributed by atoms with Gasteiger partial charge in [0.05, 0.1) is 16.3 Å². The smallest absolute Gasteiger partial charge is 0.252 e. The van der Waals surface area contributed by atoms with Gasteiger partial charge in [-0.3, -0.25) is 9.78 Å². The molecular formula is C20H21Cl2N3O3S. The average Bonchev–Trinajstić information content (AvgIpc) is 3.06. The predicted octanol–water partition coefficient (Wildman–Crippen LogP) is 2.97. The normalized spacial score (nSPS) is 26.2. The molecule has 0 bridgehead atoms. The lowest BCUT2D eigenvalue weighted by Crippen LogP contribution is -2.41. The van der Waals surface area contributed by atoms with Gasteiger partial charge in [0.1, 0.15) is 0 Å². The number of amides is 1. The van der Waals surface area contributed by atoms with Crippen LogP contribution in [0.4, 0.5) is 0 Å². The van der Waals surface area contributed by atoms with Gasteiger partial charge in [-0.1, -0.05) is 29.3 Å². The summed E-state index contributed by atoms with van der Waals surface area (Å²) in [5.41, 5.74) is 0.870. The molecular weight excluding hydrogens is 433 g/mol. The van der Waals surface area contributed by atoms with E-state index in [-0.39, 0.29) is 33.9 Å². The Morgan fingerprint density at radius 3 is 2.55 bits per heavy atom. The summed E-state index contributed by atoms with van der Waals surface area (Å²) in [5.74, 6) is 0.0545. The van der Waals surface area contributed by atoms with Crippen molar-refractivity contribution in [1.29, 1.82) is 0 Å². The summed E-state index contributed by atoms with van der Waals surface area (Å²) in [6, 6.07) is 10.4. The van der Waals surface area contributed by atoms with E-state index in [1.165, 1.54) is 6.07 Å². The van der Waals surface area contributed by atoms with Crippen LogP contribution in [-0.2, 0) is 15.4 Å². The predicted molar refractivity (Wildman–Crippen MR) is 113 cm³/mol. The number of carbonyl (C=O) groups excluding carboxylic acids is 1. The first kappa shape index (κ1) is 20.6. The highest BCUT2D eigenvalue weighted by atomic mass is 35.5. The highest BCUT2D eigenvalue weighted by Crippen LogP contribution is 2.63. The first-order chi connectivity index (χ1) is 13.8. The number of carbonyl (C=O) groups is 1. The van der Waals surface area contributed by atoms with Crippen molar-refractivity contribution in [2.24, 2.45) is 11.8 Å². The third-order valence-electron chi connectivity index (χ3n) is 6.12. The summed E-state index contributed by atoms with van der Waals surface area (Å²) < 4.78 is 26.0. The Hall–Kier alpha value is -1.67. The minimum Gasteiger partial charge on any atom is -0.351 e. The van der Waals surface area contributed by atoms with Crippen LogP contribution < -0.4 is 5.32 Å². The Morgan fingerprint density at radius 2 is 1.97 bits per heavy atom. The van der Waals surface area contributed by atoms with Crippen molar-refractivity contribution in [3.8, 4) is 0 Å². The number of piperidine rings is 1. The minimum absolute atomic E-state index is 0.0921. The van der Waals surface area contributed by atoms with Crippen LogP contribution in [0.1, 0.15) is 23.0 Å². The summed E-state index contributed by atoms with van der Waals surface area (Å²) in [6.45, 7) is 2.93. The molecule has 2 unspecified atom stereocenters. The standard InChI is InChI=1S/C20H21Cl2N3O3S/c1-2-29(27,28)25-10-15-16(11-25)20(15,18-5-3-4-8-23-18)12-24-19(26)14-7-6-13(21)9-17(14)22/h3-9,15-16H,2,10-12H2,1H3,(H,24,26). The molecule has 1 saturated carbocycles. The number of aromatic nitrogens is 1. The molecule has 1 saturated heterocycles. The van der Waals surface area contributed by atoms with Gasteiger partial charge in [0, 0.05) is 42.0 Å². The van der Waals surface area contributed by atoms with Crippen molar-refractivity contribution in [3.05, 3.63) is 63.9 Å². The van der Waals surface area contributed by atoms with Gasteiger partial charge in [-0.2, -0.15) is 0 Å². The van der Waals surface area contributed by atoms with Crippen LogP contribution in [0.25, 0.3) is 0 Å². The van der Waals surface area contributed by atoms with Gasteiger partial charge in [-0.05, 0) is 49.1 Å². The van der Waals surface area contributed by atoms with E-state index in [4.69, 9.17) is 23.2 Å². The lowest BCUT2D eigenvalue weighted by Gasteiger charge is -2.26. The summed E-state index contributed by atoms with van der Waals surface area (Å²) in [6.07, 6.45) is 1.73. The Labute approximate surface area is 180 Å². The van der Waals surface area contributed by atoms with E-state index in [2.05, 4.69) is 10.3 Å². The zero-order valence-corrected chi connectivity index (χ0v) is 18.1. The first-order valence-electron chi connectivity index (χ1n) is 9.42. The van der Waals surface area contributed by atoms with Crippen molar-refractivity contribution in [2.45, 2.75) is 12.3 Å².